The third-order valence-electron chi connectivity index (χ3n) is 5.38. The number of nitrogens with zero attached hydrogens (tertiary/aromatic N) is 1. The molecule has 0 aliphatic rings. The van der Waals surface area contributed by atoms with Crippen LogP contribution in [0.5, 0.6) is 5.75 Å². The zero-order chi connectivity index (χ0) is 24.1. The van der Waals surface area contributed by atoms with E-state index in [0.29, 0.717) is 45.0 Å². The Bertz CT molecular complexity index is 1180. The fourth-order valence-corrected chi connectivity index (χ4v) is 3.75. The molecule has 1 unspecified atom stereocenters. The zero-order valence-electron chi connectivity index (χ0n) is 19.1. The third-order valence-corrected chi connectivity index (χ3v) is 5.64. The second-order valence-corrected chi connectivity index (χ2v) is 8.13. The molecule has 174 valence electrons. The Balaban J connectivity index is 1.96. The predicted octanol–water partition coefficient (Wildman–Crippen LogP) is 4.30. The van der Waals surface area contributed by atoms with E-state index >= 15 is 0 Å². The van der Waals surface area contributed by atoms with Crippen molar-refractivity contribution in [2.24, 2.45) is 0 Å². The highest BCUT2D eigenvalue weighted by molar-refractivity contribution is 6.30. The third kappa shape index (κ3) is 5.37. The van der Waals surface area contributed by atoms with Crippen molar-refractivity contribution in [3.63, 3.8) is 0 Å². The van der Waals surface area contributed by atoms with Crippen LogP contribution in [0.2, 0.25) is 5.02 Å². The first-order valence-electron chi connectivity index (χ1n) is 10.7. The summed E-state index contributed by atoms with van der Waals surface area (Å²) in [5, 5.41) is 3.94. The Kier molecular flexibility index (Phi) is 7.76. The van der Waals surface area contributed by atoms with Gasteiger partial charge in [0.05, 0.1) is 19.0 Å². The van der Waals surface area contributed by atoms with Crippen molar-refractivity contribution in [3.05, 3.63) is 64.3 Å². The number of hydrogen-bond donors (Lipinski definition) is 1. The van der Waals surface area contributed by atoms with Gasteiger partial charge in [0.25, 0.3) is 11.8 Å². The Morgan fingerprint density at radius 3 is 2.45 bits per heavy atom. The average Bonchev–Trinajstić information content (AvgIpc) is 3.07. The molecule has 1 heterocycles. The second kappa shape index (κ2) is 10.5. The normalized spacial score (nSPS) is 11.8. The van der Waals surface area contributed by atoms with Crippen LogP contribution in [0.1, 0.15) is 41.9 Å². The summed E-state index contributed by atoms with van der Waals surface area (Å²) in [6.45, 7) is 5.77. The Hall–Kier alpha value is -3.32. The molecule has 33 heavy (non-hydrogen) atoms. The minimum atomic E-state index is -0.914. The van der Waals surface area contributed by atoms with Crippen molar-refractivity contribution in [2.45, 2.75) is 39.7 Å². The fraction of sp³-hybridized carbons (Fsp3) is 0.320. The lowest BCUT2D eigenvalue weighted by Crippen LogP contribution is -2.36. The van der Waals surface area contributed by atoms with E-state index in [1.165, 1.54) is 6.92 Å². The highest BCUT2D eigenvalue weighted by Gasteiger charge is 2.24. The molecule has 0 saturated heterocycles. The van der Waals surface area contributed by atoms with Crippen LogP contribution in [0.3, 0.4) is 0 Å². The van der Waals surface area contributed by atoms with Crippen LogP contribution in [-0.2, 0) is 20.7 Å². The molecule has 8 heteroatoms. The van der Waals surface area contributed by atoms with Gasteiger partial charge in [0.2, 0.25) is 0 Å². The standard InChI is InChI=1S/C25H27ClN2O5/c1-5-12-27-24(30)16(3)33-23(29)14-20-15(2)28(22-11-10-19(32-4)13-21(20)22)25(31)17-6-8-18(26)9-7-17/h6-11,13,16H,5,12,14H2,1-4H3,(H,27,30). The van der Waals surface area contributed by atoms with Gasteiger partial charge in [0.1, 0.15) is 5.75 Å². The maximum Gasteiger partial charge on any atom is 0.311 e. The minimum Gasteiger partial charge on any atom is -0.497 e. The molecule has 1 N–H and O–H groups in total. The van der Waals surface area contributed by atoms with Crippen molar-refractivity contribution >= 4 is 40.3 Å². The summed E-state index contributed by atoms with van der Waals surface area (Å²) in [4.78, 5) is 38.1. The number of esters is 1. The quantitative estimate of drug-likeness (QED) is 0.496. The number of halogens is 1. The summed E-state index contributed by atoms with van der Waals surface area (Å²) in [5.41, 5.74) is 2.35. The maximum absolute atomic E-state index is 13.3. The topological polar surface area (TPSA) is 86.6 Å². The van der Waals surface area contributed by atoms with Gasteiger partial charge in [-0.1, -0.05) is 18.5 Å². The summed E-state index contributed by atoms with van der Waals surface area (Å²) in [5.74, 6) is -0.547. The van der Waals surface area contributed by atoms with Gasteiger partial charge in [-0.25, -0.2) is 0 Å². The van der Waals surface area contributed by atoms with Gasteiger partial charge in [0, 0.05) is 28.2 Å². The van der Waals surface area contributed by atoms with Gasteiger partial charge >= 0.3 is 5.97 Å². The summed E-state index contributed by atoms with van der Waals surface area (Å²) in [6.07, 6.45) is -0.223. The monoisotopic (exact) mass is 470 g/mol. The van der Waals surface area contributed by atoms with E-state index in [2.05, 4.69) is 5.32 Å². The molecule has 0 fully saturated rings. The van der Waals surface area contributed by atoms with E-state index in [-0.39, 0.29) is 18.2 Å². The molecule has 2 aromatic carbocycles. The Labute approximate surface area is 197 Å². The molecule has 0 aliphatic carbocycles. The molecule has 0 radical (unpaired) electrons. The van der Waals surface area contributed by atoms with E-state index < -0.39 is 12.1 Å². The van der Waals surface area contributed by atoms with Crippen LogP contribution in [0.15, 0.2) is 42.5 Å². The number of fused-ring (bicyclic) bond motifs is 1. The molecular weight excluding hydrogens is 444 g/mol. The molecular formula is C25H27ClN2O5. The smallest absolute Gasteiger partial charge is 0.311 e. The van der Waals surface area contributed by atoms with Crippen LogP contribution in [0.4, 0.5) is 0 Å². The van der Waals surface area contributed by atoms with Crippen molar-refractivity contribution in [1.29, 1.82) is 0 Å². The van der Waals surface area contributed by atoms with Gasteiger partial charge in [-0.3, -0.25) is 19.0 Å². The lowest BCUT2D eigenvalue weighted by atomic mass is 10.1. The van der Waals surface area contributed by atoms with E-state index in [4.69, 9.17) is 21.1 Å². The number of rotatable bonds is 8. The number of benzene rings is 2. The molecule has 7 nitrogen and oxygen atoms in total. The van der Waals surface area contributed by atoms with Gasteiger partial charge in [-0.2, -0.15) is 0 Å². The highest BCUT2D eigenvalue weighted by Crippen LogP contribution is 2.31. The molecule has 0 bridgehead atoms. The first-order chi connectivity index (χ1) is 15.8. The van der Waals surface area contributed by atoms with Crippen molar-refractivity contribution in [3.8, 4) is 5.75 Å². The first-order valence-corrected chi connectivity index (χ1v) is 11.1. The van der Waals surface area contributed by atoms with Gasteiger partial charge < -0.3 is 14.8 Å². The Morgan fingerprint density at radius 2 is 1.82 bits per heavy atom. The number of amides is 1. The molecule has 3 rings (SSSR count). The van der Waals surface area contributed by atoms with E-state index in [9.17, 15) is 14.4 Å². The minimum absolute atomic E-state index is 0.0954. The largest absolute Gasteiger partial charge is 0.497 e. The number of aromatic nitrogens is 1. The van der Waals surface area contributed by atoms with Crippen molar-refractivity contribution in [1.82, 2.24) is 9.88 Å². The Morgan fingerprint density at radius 1 is 1.12 bits per heavy atom. The van der Waals surface area contributed by atoms with Crippen LogP contribution >= 0.6 is 11.6 Å². The number of carbonyl (C=O) groups is 3. The van der Waals surface area contributed by atoms with Gasteiger partial charge in [0.15, 0.2) is 6.10 Å². The van der Waals surface area contributed by atoms with E-state index in [0.717, 1.165) is 6.42 Å². The molecule has 1 aromatic heterocycles. The van der Waals surface area contributed by atoms with E-state index in [1.54, 1.807) is 61.1 Å². The number of hydrogen-bond acceptors (Lipinski definition) is 5. The maximum atomic E-state index is 13.3. The average molecular weight is 471 g/mol. The predicted molar refractivity (Wildman–Crippen MR) is 127 cm³/mol. The molecule has 1 amide bonds. The summed E-state index contributed by atoms with van der Waals surface area (Å²) in [6, 6.07) is 12.0. The zero-order valence-corrected chi connectivity index (χ0v) is 19.9. The first kappa shape index (κ1) is 24.3. The molecule has 1 atom stereocenters. The summed E-state index contributed by atoms with van der Waals surface area (Å²) in [7, 11) is 1.55. The summed E-state index contributed by atoms with van der Waals surface area (Å²) < 4.78 is 12.3. The van der Waals surface area contributed by atoms with Crippen LogP contribution < -0.4 is 10.1 Å². The highest BCUT2D eigenvalue weighted by atomic mass is 35.5. The van der Waals surface area contributed by atoms with Crippen LogP contribution in [0.25, 0.3) is 10.9 Å². The van der Waals surface area contributed by atoms with Crippen LogP contribution in [0, 0.1) is 6.92 Å². The molecule has 3 aromatic rings. The van der Waals surface area contributed by atoms with Gasteiger partial charge in [-0.05, 0) is 68.3 Å². The second-order valence-electron chi connectivity index (χ2n) is 7.69. The number of methoxy groups -OCH3 is 1. The molecule has 0 spiro atoms. The lowest BCUT2D eigenvalue weighted by molar-refractivity contribution is -0.154. The summed E-state index contributed by atoms with van der Waals surface area (Å²) >= 11 is 5.96. The molecule has 0 aliphatic heterocycles. The lowest BCUT2D eigenvalue weighted by Gasteiger charge is -2.13. The fourth-order valence-electron chi connectivity index (χ4n) is 3.62. The number of ether oxygens (including phenoxy) is 2. The number of nitrogens with one attached hydrogen (secondary N) is 1. The number of carbonyl (C=O) groups excluding carboxylic acids is 3. The molecule has 0 saturated carbocycles. The van der Waals surface area contributed by atoms with E-state index in [1.807, 2.05) is 6.92 Å². The van der Waals surface area contributed by atoms with Crippen LogP contribution in [-0.4, -0.2) is 42.1 Å². The van der Waals surface area contributed by atoms with Gasteiger partial charge in [-0.15, -0.1) is 0 Å². The SMILES string of the molecule is CCCNC(=O)C(C)OC(=O)Cc1c(C)n(C(=O)c2ccc(Cl)cc2)c2ccc(OC)cc12. The van der Waals surface area contributed by atoms with Crippen molar-refractivity contribution < 1.29 is 23.9 Å². The van der Waals surface area contributed by atoms with Crippen molar-refractivity contribution in [2.75, 3.05) is 13.7 Å².